The first kappa shape index (κ1) is 24.7. The van der Waals surface area contributed by atoms with Gasteiger partial charge in [0.05, 0.1) is 23.9 Å². The third-order valence-electron chi connectivity index (χ3n) is 4.94. The summed E-state index contributed by atoms with van der Waals surface area (Å²) < 4.78 is 13.3. The minimum absolute atomic E-state index is 0.199. The first-order valence-corrected chi connectivity index (χ1v) is 11.4. The predicted molar refractivity (Wildman–Crippen MR) is 125 cm³/mol. The van der Waals surface area contributed by atoms with Gasteiger partial charge in [-0.3, -0.25) is 15.0 Å². The maximum atomic E-state index is 13.2. The van der Waals surface area contributed by atoms with Crippen molar-refractivity contribution in [3.8, 4) is 5.69 Å². The topological polar surface area (TPSA) is 98.6 Å². The summed E-state index contributed by atoms with van der Waals surface area (Å²) in [5, 5.41) is 7.27. The Hall–Kier alpha value is -2.94. The summed E-state index contributed by atoms with van der Waals surface area (Å²) >= 11 is 0. The molecule has 1 aromatic heterocycles. The lowest BCUT2D eigenvalue weighted by Gasteiger charge is -2.28. The van der Waals surface area contributed by atoms with Gasteiger partial charge in [0, 0.05) is 12.8 Å². The van der Waals surface area contributed by atoms with E-state index in [1.807, 2.05) is 58.0 Å². The first-order chi connectivity index (χ1) is 15.4. The molecule has 2 atom stereocenters. The molecule has 0 spiro atoms. The predicted octanol–water partition coefficient (Wildman–Crippen LogP) is 3.96. The molecule has 1 fully saturated rings. The van der Waals surface area contributed by atoms with Crippen molar-refractivity contribution in [2.24, 2.45) is 0 Å². The van der Waals surface area contributed by atoms with Crippen LogP contribution in [0.5, 0.6) is 0 Å². The largest absolute Gasteiger partial charge is 0.444 e. The van der Waals surface area contributed by atoms with Gasteiger partial charge < -0.3 is 9.47 Å². The Morgan fingerprint density at radius 1 is 1.09 bits per heavy atom. The Balaban J connectivity index is 1.81. The van der Waals surface area contributed by atoms with Crippen molar-refractivity contribution in [2.45, 2.75) is 84.7 Å². The summed E-state index contributed by atoms with van der Waals surface area (Å²) in [4.78, 5) is 32.0. The Bertz CT molecular complexity index is 975. The number of anilines is 1. The molecular formula is C24H35N5O4. The summed E-state index contributed by atoms with van der Waals surface area (Å²) in [5.74, 6) is 0.555. The zero-order chi connectivity index (χ0) is 24.4. The normalized spacial score (nSPS) is 18.9. The summed E-state index contributed by atoms with van der Waals surface area (Å²) in [7, 11) is 0. The van der Waals surface area contributed by atoms with Crippen LogP contribution in [0.15, 0.2) is 30.3 Å². The third-order valence-corrected chi connectivity index (χ3v) is 4.94. The quantitative estimate of drug-likeness (QED) is 0.730. The number of hydrogen-bond donors (Lipinski definition) is 1. The number of ether oxygens (including phenoxy) is 2. The van der Waals surface area contributed by atoms with Crippen LogP contribution in [0.2, 0.25) is 0 Å². The standard InChI is InChI=1S/C24H35N5O4/c1-8-19-25-21(27-29(19)16-12-10-9-11-13-16)26-20(30)18-14-17(32-23(2,3)4)15-28(18)22(31)33-24(5,6)7/h9-13,17-18H,8,14-15H2,1-7H3,(H,26,27,30)/t17-,18+/m1/s1. The van der Waals surface area contributed by atoms with Gasteiger partial charge in [-0.15, -0.1) is 5.10 Å². The molecule has 2 amide bonds. The smallest absolute Gasteiger partial charge is 0.411 e. The van der Waals surface area contributed by atoms with Crippen molar-refractivity contribution in [2.75, 3.05) is 11.9 Å². The number of aromatic nitrogens is 3. The average molecular weight is 458 g/mol. The van der Waals surface area contributed by atoms with Crippen molar-refractivity contribution in [3.63, 3.8) is 0 Å². The number of rotatable bonds is 5. The highest BCUT2D eigenvalue weighted by Gasteiger charge is 2.43. The highest BCUT2D eigenvalue weighted by Crippen LogP contribution is 2.27. The molecule has 2 heterocycles. The van der Waals surface area contributed by atoms with Crippen LogP contribution in [-0.4, -0.2) is 61.6 Å². The number of benzene rings is 1. The van der Waals surface area contributed by atoms with Crippen LogP contribution in [0.3, 0.4) is 0 Å². The molecule has 1 aliphatic rings. The summed E-state index contributed by atoms with van der Waals surface area (Å²) in [5.41, 5.74) is -0.216. The van der Waals surface area contributed by atoms with E-state index in [1.54, 1.807) is 25.5 Å². The van der Waals surface area contributed by atoms with Gasteiger partial charge in [0.1, 0.15) is 17.5 Å². The zero-order valence-electron chi connectivity index (χ0n) is 20.6. The van der Waals surface area contributed by atoms with E-state index in [2.05, 4.69) is 15.4 Å². The van der Waals surface area contributed by atoms with Crippen LogP contribution in [0.1, 0.15) is 60.7 Å². The molecule has 1 aliphatic heterocycles. The lowest BCUT2D eigenvalue weighted by atomic mass is 10.1. The minimum Gasteiger partial charge on any atom is -0.444 e. The molecule has 9 heteroatoms. The molecule has 180 valence electrons. The van der Waals surface area contributed by atoms with E-state index in [1.165, 1.54) is 4.90 Å². The van der Waals surface area contributed by atoms with Crippen LogP contribution in [0.25, 0.3) is 5.69 Å². The average Bonchev–Trinajstić information content (AvgIpc) is 3.30. The molecule has 0 bridgehead atoms. The van der Waals surface area contributed by atoms with Gasteiger partial charge in [-0.1, -0.05) is 25.1 Å². The fourth-order valence-electron chi connectivity index (χ4n) is 3.75. The number of nitrogens with one attached hydrogen (secondary N) is 1. The maximum Gasteiger partial charge on any atom is 0.411 e. The second-order valence-corrected chi connectivity index (χ2v) is 10.2. The second kappa shape index (κ2) is 9.51. The van der Waals surface area contributed by atoms with E-state index >= 15 is 0 Å². The highest BCUT2D eigenvalue weighted by molar-refractivity contribution is 5.95. The fourth-order valence-corrected chi connectivity index (χ4v) is 3.75. The van der Waals surface area contributed by atoms with E-state index in [-0.39, 0.29) is 24.5 Å². The molecule has 2 aromatic rings. The Kier molecular flexibility index (Phi) is 7.11. The summed E-state index contributed by atoms with van der Waals surface area (Å²) in [6.45, 7) is 13.5. The molecule has 0 unspecified atom stereocenters. The molecule has 1 saturated heterocycles. The molecule has 3 rings (SSSR count). The molecule has 0 saturated carbocycles. The van der Waals surface area contributed by atoms with Gasteiger partial charge in [-0.25, -0.2) is 9.48 Å². The third kappa shape index (κ3) is 6.54. The number of hydrogen-bond acceptors (Lipinski definition) is 6. The van der Waals surface area contributed by atoms with E-state index < -0.39 is 23.3 Å². The van der Waals surface area contributed by atoms with E-state index in [4.69, 9.17) is 9.47 Å². The Labute approximate surface area is 195 Å². The monoisotopic (exact) mass is 457 g/mol. The molecular weight excluding hydrogens is 422 g/mol. The van der Waals surface area contributed by atoms with E-state index in [9.17, 15) is 9.59 Å². The zero-order valence-corrected chi connectivity index (χ0v) is 20.6. The fraction of sp³-hybridized carbons (Fsp3) is 0.583. The van der Waals surface area contributed by atoms with Crippen molar-refractivity contribution < 1.29 is 19.1 Å². The number of aryl methyl sites for hydroxylation is 1. The maximum absolute atomic E-state index is 13.2. The Morgan fingerprint density at radius 3 is 2.33 bits per heavy atom. The second-order valence-electron chi connectivity index (χ2n) is 10.2. The van der Waals surface area contributed by atoms with E-state index in [0.29, 0.717) is 12.8 Å². The lowest BCUT2D eigenvalue weighted by Crippen LogP contribution is -2.45. The molecule has 33 heavy (non-hydrogen) atoms. The van der Waals surface area contributed by atoms with Gasteiger partial charge >= 0.3 is 6.09 Å². The lowest BCUT2D eigenvalue weighted by molar-refractivity contribution is -0.120. The van der Waals surface area contributed by atoms with Gasteiger partial charge in [0.2, 0.25) is 11.9 Å². The molecule has 0 aliphatic carbocycles. The Morgan fingerprint density at radius 2 is 1.76 bits per heavy atom. The van der Waals surface area contributed by atoms with Crippen LogP contribution in [0, 0.1) is 0 Å². The SMILES string of the molecule is CCc1nc(NC(=O)[C@@H]2C[C@@H](OC(C)(C)C)CN2C(=O)OC(C)(C)C)nn1-c1ccccc1. The number of nitrogens with zero attached hydrogens (tertiary/aromatic N) is 4. The molecule has 1 N–H and O–H groups in total. The van der Waals surface area contributed by atoms with Crippen LogP contribution >= 0.6 is 0 Å². The van der Waals surface area contributed by atoms with Crippen LogP contribution in [-0.2, 0) is 20.7 Å². The van der Waals surface area contributed by atoms with Crippen molar-refractivity contribution in [1.82, 2.24) is 19.7 Å². The van der Waals surface area contributed by atoms with Gasteiger partial charge in [0.15, 0.2) is 0 Å². The van der Waals surface area contributed by atoms with Crippen molar-refractivity contribution >= 4 is 17.9 Å². The van der Waals surface area contributed by atoms with Gasteiger partial charge in [-0.2, -0.15) is 4.98 Å². The number of carbonyl (C=O) groups is 2. The number of para-hydroxylation sites is 1. The number of carbonyl (C=O) groups excluding carboxylic acids is 2. The van der Waals surface area contributed by atoms with Gasteiger partial charge in [-0.05, 0) is 53.7 Å². The number of likely N-dealkylation sites (tertiary alicyclic amines) is 1. The number of amides is 2. The summed E-state index contributed by atoms with van der Waals surface area (Å²) in [6.07, 6.45) is 0.184. The van der Waals surface area contributed by atoms with Crippen LogP contribution in [0.4, 0.5) is 10.7 Å². The van der Waals surface area contributed by atoms with Crippen LogP contribution < -0.4 is 5.32 Å². The van der Waals surface area contributed by atoms with Crippen molar-refractivity contribution in [1.29, 1.82) is 0 Å². The van der Waals surface area contributed by atoms with E-state index in [0.717, 1.165) is 11.5 Å². The molecule has 9 nitrogen and oxygen atoms in total. The molecule has 1 aromatic carbocycles. The van der Waals surface area contributed by atoms with Crippen molar-refractivity contribution in [3.05, 3.63) is 36.2 Å². The molecule has 0 radical (unpaired) electrons. The minimum atomic E-state index is -0.749. The van der Waals surface area contributed by atoms with Gasteiger partial charge in [0.25, 0.3) is 0 Å². The highest BCUT2D eigenvalue weighted by atomic mass is 16.6. The first-order valence-electron chi connectivity index (χ1n) is 11.4. The summed E-state index contributed by atoms with van der Waals surface area (Å²) in [6, 6.07) is 8.86.